The van der Waals surface area contributed by atoms with E-state index in [9.17, 15) is 9.59 Å². The summed E-state index contributed by atoms with van der Waals surface area (Å²) in [4.78, 5) is 36.4. The first-order chi connectivity index (χ1) is 16.7. The fourth-order valence-corrected chi connectivity index (χ4v) is 5.90. The molecule has 2 aromatic carbocycles. The van der Waals surface area contributed by atoms with Gasteiger partial charge in [0.15, 0.2) is 0 Å². The summed E-state index contributed by atoms with van der Waals surface area (Å²) in [5.41, 5.74) is 4.60. The minimum atomic E-state index is -0.365. The predicted octanol–water partition coefficient (Wildman–Crippen LogP) is 5.18. The van der Waals surface area contributed by atoms with Crippen molar-refractivity contribution < 1.29 is 9.59 Å². The number of aromatic nitrogens is 2. The van der Waals surface area contributed by atoms with Gasteiger partial charge in [-0.05, 0) is 68.1 Å². The van der Waals surface area contributed by atoms with Crippen molar-refractivity contribution in [2.24, 2.45) is 0 Å². The fraction of sp³-hybridized carbons (Fsp3) is 0.357. The van der Waals surface area contributed by atoms with Crippen molar-refractivity contribution in [2.75, 3.05) is 26.2 Å². The number of likely N-dealkylation sites (tertiary alicyclic amines) is 2. The van der Waals surface area contributed by atoms with Crippen molar-refractivity contribution >= 4 is 46.0 Å². The third-order valence-electron chi connectivity index (χ3n) is 7.75. The normalized spacial score (nSPS) is 19.7. The van der Waals surface area contributed by atoms with Crippen LogP contribution in [0.15, 0.2) is 60.9 Å². The number of nitrogens with one attached hydrogen (secondary N) is 2. The van der Waals surface area contributed by atoms with Crippen LogP contribution in [0.25, 0.3) is 21.8 Å². The van der Waals surface area contributed by atoms with Crippen molar-refractivity contribution in [1.82, 2.24) is 19.8 Å². The van der Waals surface area contributed by atoms with E-state index in [1.165, 1.54) is 21.4 Å². The Balaban J connectivity index is 0.00000253. The smallest absolute Gasteiger partial charge is 0.237 e. The Labute approximate surface area is 211 Å². The minimum Gasteiger partial charge on any atom is -0.361 e. The molecule has 0 spiro atoms. The highest BCUT2D eigenvalue weighted by atomic mass is 35.5. The van der Waals surface area contributed by atoms with Crippen molar-refractivity contribution in [3.05, 3.63) is 72.1 Å². The number of halogens is 1. The Morgan fingerprint density at radius 1 is 0.800 bits per heavy atom. The highest BCUT2D eigenvalue weighted by molar-refractivity contribution is 6.07. The average molecular weight is 491 g/mol. The minimum absolute atomic E-state index is 0. The van der Waals surface area contributed by atoms with Gasteiger partial charge in [-0.2, -0.15) is 0 Å². The molecule has 35 heavy (non-hydrogen) atoms. The van der Waals surface area contributed by atoms with Gasteiger partial charge in [0.2, 0.25) is 11.8 Å². The summed E-state index contributed by atoms with van der Waals surface area (Å²) in [7, 11) is 0. The molecule has 0 radical (unpaired) electrons. The fourth-order valence-electron chi connectivity index (χ4n) is 5.90. The van der Waals surface area contributed by atoms with Crippen LogP contribution >= 0.6 is 12.4 Å². The van der Waals surface area contributed by atoms with Gasteiger partial charge < -0.3 is 14.9 Å². The van der Waals surface area contributed by atoms with Gasteiger partial charge in [-0.3, -0.25) is 14.5 Å². The second-order valence-electron chi connectivity index (χ2n) is 9.69. The largest absolute Gasteiger partial charge is 0.361 e. The van der Waals surface area contributed by atoms with Crippen molar-refractivity contribution in [2.45, 2.75) is 37.5 Å². The molecule has 6 rings (SSSR count). The SMILES string of the molecule is Cl.O=C1CC(c2c[nH]c3ccccc23)C(=O)N1CCCN1CCC(c2c[nH]c3ccccc23)CC1. The maximum absolute atomic E-state index is 13.1. The lowest BCUT2D eigenvalue weighted by molar-refractivity contribution is -0.138. The molecule has 6 nitrogen and oxygen atoms in total. The molecule has 1 atom stereocenters. The Bertz CT molecular complexity index is 1350. The number of H-pyrrole nitrogens is 2. The number of rotatable bonds is 6. The topological polar surface area (TPSA) is 72.2 Å². The van der Waals surface area contributed by atoms with E-state index < -0.39 is 0 Å². The molecule has 4 aromatic rings. The highest BCUT2D eigenvalue weighted by Crippen LogP contribution is 2.35. The van der Waals surface area contributed by atoms with Crippen molar-refractivity contribution in [3.8, 4) is 0 Å². The number of amides is 2. The summed E-state index contributed by atoms with van der Waals surface area (Å²) < 4.78 is 0. The van der Waals surface area contributed by atoms with E-state index in [2.05, 4.69) is 45.3 Å². The monoisotopic (exact) mass is 490 g/mol. The Morgan fingerprint density at radius 2 is 1.40 bits per heavy atom. The van der Waals surface area contributed by atoms with Gasteiger partial charge in [0.1, 0.15) is 0 Å². The third-order valence-corrected chi connectivity index (χ3v) is 7.75. The first-order valence-electron chi connectivity index (χ1n) is 12.4. The van der Waals surface area contributed by atoms with Crippen molar-refractivity contribution in [1.29, 1.82) is 0 Å². The van der Waals surface area contributed by atoms with E-state index in [-0.39, 0.29) is 36.6 Å². The molecule has 0 aliphatic carbocycles. The summed E-state index contributed by atoms with van der Waals surface area (Å²) in [5.74, 6) is 0.132. The van der Waals surface area contributed by atoms with E-state index in [4.69, 9.17) is 0 Å². The molecule has 2 saturated heterocycles. The van der Waals surface area contributed by atoms with E-state index in [0.717, 1.165) is 55.4 Å². The molecule has 2 fully saturated rings. The lowest BCUT2D eigenvalue weighted by atomic mass is 9.89. The zero-order chi connectivity index (χ0) is 23.1. The van der Waals surface area contributed by atoms with Crippen LogP contribution in [0.4, 0.5) is 0 Å². The molecule has 4 heterocycles. The van der Waals surface area contributed by atoms with Gasteiger partial charge in [0.05, 0.1) is 5.92 Å². The number of para-hydroxylation sites is 2. The van der Waals surface area contributed by atoms with E-state index in [0.29, 0.717) is 12.5 Å². The highest BCUT2D eigenvalue weighted by Gasteiger charge is 2.40. The lowest BCUT2D eigenvalue weighted by Crippen LogP contribution is -2.37. The predicted molar refractivity (Wildman–Crippen MR) is 141 cm³/mol. The Hall–Kier alpha value is -3.09. The number of fused-ring (bicyclic) bond motifs is 2. The number of piperidine rings is 1. The lowest BCUT2D eigenvalue weighted by Gasteiger charge is -2.32. The van der Waals surface area contributed by atoms with Crippen LogP contribution in [-0.2, 0) is 9.59 Å². The van der Waals surface area contributed by atoms with E-state index in [1.807, 2.05) is 30.5 Å². The van der Waals surface area contributed by atoms with Gasteiger partial charge in [-0.15, -0.1) is 12.4 Å². The van der Waals surface area contributed by atoms with Gasteiger partial charge in [0.25, 0.3) is 0 Å². The molecule has 0 saturated carbocycles. The maximum atomic E-state index is 13.1. The Morgan fingerprint density at radius 3 is 2.09 bits per heavy atom. The van der Waals surface area contributed by atoms with Crippen LogP contribution < -0.4 is 0 Å². The van der Waals surface area contributed by atoms with Crippen LogP contribution in [-0.4, -0.2) is 57.8 Å². The van der Waals surface area contributed by atoms with E-state index in [1.54, 1.807) is 0 Å². The van der Waals surface area contributed by atoms with Gasteiger partial charge in [0, 0.05) is 47.2 Å². The van der Waals surface area contributed by atoms with Crippen LogP contribution in [0.3, 0.4) is 0 Å². The molecule has 2 aromatic heterocycles. The van der Waals surface area contributed by atoms with Gasteiger partial charge in [-0.1, -0.05) is 36.4 Å². The van der Waals surface area contributed by atoms with Crippen molar-refractivity contribution in [3.63, 3.8) is 0 Å². The number of nitrogens with zero attached hydrogens (tertiary/aromatic N) is 2. The van der Waals surface area contributed by atoms with Crippen LogP contribution in [0.2, 0.25) is 0 Å². The number of carbonyl (C=O) groups is 2. The van der Waals surface area contributed by atoms with Crippen LogP contribution in [0, 0.1) is 0 Å². The molecular formula is C28H31ClN4O2. The number of aromatic amines is 2. The number of carbonyl (C=O) groups excluding carboxylic acids is 2. The molecule has 0 bridgehead atoms. The quantitative estimate of drug-likeness (QED) is 0.366. The van der Waals surface area contributed by atoms with Crippen LogP contribution in [0.1, 0.15) is 48.6 Å². The number of imide groups is 1. The molecular weight excluding hydrogens is 460 g/mol. The molecule has 2 amide bonds. The summed E-state index contributed by atoms with van der Waals surface area (Å²) in [6.45, 7) is 3.56. The maximum Gasteiger partial charge on any atom is 0.237 e. The summed E-state index contributed by atoms with van der Waals surface area (Å²) in [5, 5.41) is 2.38. The molecule has 7 heteroatoms. The molecule has 2 N–H and O–H groups in total. The number of hydrogen-bond donors (Lipinski definition) is 2. The summed E-state index contributed by atoms with van der Waals surface area (Å²) in [6.07, 6.45) is 7.46. The van der Waals surface area contributed by atoms with Crippen LogP contribution in [0.5, 0.6) is 0 Å². The zero-order valence-corrected chi connectivity index (χ0v) is 20.5. The Kier molecular flexibility index (Phi) is 6.67. The third kappa shape index (κ3) is 4.37. The molecule has 182 valence electrons. The molecule has 2 aliphatic rings. The molecule has 1 unspecified atom stereocenters. The first-order valence-corrected chi connectivity index (χ1v) is 12.4. The average Bonchev–Trinajstić information content (AvgIpc) is 3.56. The summed E-state index contributed by atoms with van der Waals surface area (Å²) in [6, 6.07) is 16.5. The zero-order valence-electron chi connectivity index (χ0n) is 19.7. The second-order valence-corrected chi connectivity index (χ2v) is 9.69. The molecule has 2 aliphatic heterocycles. The number of benzene rings is 2. The second kappa shape index (κ2) is 9.88. The van der Waals surface area contributed by atoms with E-state index >= 15 is 0 Å². The van der Waals surface area contributed by atoms with Gasteiger partial charge >= 0.3 is 0 Å². The van der Waals surface area contributed by atoms with Gasteiger partial charge in [-0.25, -0.2) is 0 Å². The standard InChI is InChI=1S/C28H30N4O2.ClH/c33-27-16-22(24-18-30-26-9-4-2-7-21(24)26)28(34)32(27)13-5-12-31-14-10-19(11-15-31)23-17-29-25-8-3-1-6-20(23)25;/h1-4,6-9,17-19,22,29-30H,5,10-16H2;1H. The summed E-state index contributed by atoms with van der Waals surface area (Å²) >= 11 is 0. The first kappa shape index (κ1) is 23.6. The number of hydrogen-bond acceptors (Lipinski definition) is 3.